The molecule has 3 nitrogen and oxygen atoms in total. The van der Waals surface area contributed by atoms with Crippen molar-refractivity contribution in [3.8, 4) is 0 Å². The average molecular weight is 182 g/mol. The Balaban J connectivity index is 2.17. The lowest BCUT2D eigenvalue weighted by Crippen LogP contribution is -2.46. The van der Waals surface area contributed by atoms with Crippen LogP contribution in [0.25, 0.3) is 0 Å². The fraction of sp³-hybridized carbons (Fsp3) is 0.700. The number of piperidine rings is 1. The summed E-state index contributed by atoms with van der Waals surface area (Å²) in [6, 6.07) is 0.0403. The highest BCUT2D eigenvalue weighted by Gasteiger charge is 2.19. The van der Waals surface area contributed by atoms with Crippen LogP contribution < -0.4 is 10.6 Å². The summed E-state index contributed by atoms with van der Waals surface area (Å²) in [6.45, 7) is 5.28. The highest BCUT2D eigenvalue weighted by Crippen LogP contribution is 2.06. The van der Waals surface area contributed by atoms with Gasteiger partial charge in [-0.05, 0) is 25.8 Å². The van der Waals surface area contributed by atoms with Gasteiger partial charge in [0.25, 0.3) is 0 Å². The Bertz CT molecular complexity index is 174. The number of carbonyl (C=O) groups excluding carboxylic acids is 1. The minimum Gasteiger partial charge on any atom is -0.354 e. The third-order valence-electron chi connectivity index (χ3n) is 2.27. The van der Waals surface area contributed by atoms with Crippen molar-refractivity contribution in [3.63, 3.8) is 0 Å². The first kappa shape index (κ1) is 10.3. The Hall–Kier alpha value is -0.830. The largest absolute Gasteiger partial charge is 0.354 e. The van der Waals surface area contributed by atoms with Crippen LogP contribution in [0.3, 0.4) is 0 Å². The van der Waals surface area contributed by atoms with Gasteiger partial charge in [0.15, 0.2) is 0 Å². The number of carbonyl (C=O) groups is 1. The molecule has 0 aromatic carbocycles. The van der Waals surface area contributed by atoms with Crippen LogP contribution in [0.15, 0.2) is 12.7 Å². The normalized spacial score (nSPS) is 22.3. The second kappa shape index (κ2) is 5.75. The molecule has 0 bridgehead atoms. The summed E-state index contributed by atoms with van der Waals surface area (Å²) in [4.78, 5) is 11.5. The van der Waals surface area contributed by atoms with Crippen molar-refractivity contribution < 1.29 is 4.79 Å². The topological polar surface area (TPSA) is 41.1 Å². The van der Waals surface area contributed by atoms with Gasteiger partial charge in [-0.2, -0.15) is 0 Å². The summed E-state index contributed by atoms with van der Waals surface area (Å²) in [5.41, 5.74) is 0. The van der Waals surface area contributed by atoms with Crippen molar-refractivity contribution in [1.82, 2.24) is 10.6 Å². The summed E-state index contributed by atoms with van der Waals surface area (Å²) in [5.74, 6) is 0.140. The van der Waals surface area contributed by atoms with Gasteiger partial charge < -0.3 is 10.6 Å². The van der Waals surface area contributed by atoms with Crippen LogP contribution >= 0.6 is 0 Å². The molecule has 0 aromatic heterocycles. The molecule has 1 rings (SSSR count). The molecular formula is C10H18N2O. The summed E-state index contributed by atoms with van der Waals surface area (Å²) in [5, 5.41) is 6.09. The summed E-state index contributed by atoms with van der Waals surface area (Å²) >= 11 is 0. The number of nitrogens with one attached hydrogen (secondary N) is 2. The molecule has 0 spiro atoms. The Morgan fingerprint density at radius 1 is 1.62 bits per heavy atom. The predicted molar refractivity (Wildman–Crippen MR) is 53.5 cm³/mol. The lowest BCUT2D eigenvalue weighted by molar-refractivity contribution is -0.123. The quantitative estimate of drug-likeness (QED) is 0.499. The molecule has 1 heterocycles. The lowest BCUT2D eigenvalue weighted by atomic mass is 10.0. The van der Waals surface area contributed by atoms with E-state index in [1.807, 2.05) is 6.08 Å². The first-order valence-electron chi connectivity index (χ1n) is 4.96. The number of amides is 1. The van der Waals surface area contributed by atoms with Crippen LogP contribution in [0.4, 0.5) is 0 Å². The second-order valence-electron chi connectivity index (χ2n) is 3.37. The Labute approximate surface area is 79.6 Å². The smallest absolute Gasteiger partial charge is 0.237 e. The maximum atomic E-state index is 11.5. The average Bonchev–Trinajstić information content (AvgIpc) is 2.19. The van der Waals surface area contributed by atoms with Crippen molar-refractivity contribution in [1.29, 1.82) is 0 Å². The van der Waals surface area contributed by atoms with E-state index in [0.717, 1.165) is 25.8 Å². The number of rotatable bonds is 4. The molecule has 13 heavy (non-hydrogen) atoms. The molecule has 1 unspecified atom stereocenters. The standard InChI is InChI=1S/C10H18N2O/c1-2-3-7-12-10(13)9-6-4-5-8-11-9/h2,9,11H,1,3-8H2,(H,12,13). The third kappa shape index (κ3) is 3.59. The van der Waals surface area contributed by atoms with Gasteiger partial charge in [0, 0.05) is 6.54 Å². The molecule has 74 valence electrons. The molecule has 0 saturated carbocycles. The zero-order valence-corrected chi connectivity index (χ0v) is 8.01. The SMILES string of the molecule is C=CCCNC(=O)C1CCCCN1. The predicted octanol–water partition coefficient (Wildman–Crippen LogP) is 0.821. The number of hydrogen-bond acceptors (Lipinski definition) is 2. The molecule has 2 N–H and O–H groups in total. The monoisotopic (exact) mass is 182 g/mol. The van der Waals surface area contributed by atoms with E-state index in [1.54, 1.807) is 0 Å². The van der Waals surface area contributed by atoms with E-state index >= 15 is 0 Å². The van der Waals surface area contributed by atoms with Crippen molar-refractivity contribution in [3.05, 3.63) is 12.7 Å². The molecule has 0 radical (unpaired) electrons. The van der Waals surface area contributed by atoms with Crippen molar-refractivity contribution >= 4 is 5.91 Å². The molecule has 0 aromatic rings. The van der Waals surface area contributed by atoms with Crippen LogP contribution in [-0.2, 0) is 4.79 Å². The molecule has 1 atom stereocenters. The van der Waals surface area contributed by atoms with E-state index in [0.29, 0.717) is 6.54 Å². The highest BCUT2D eigenvalue weighted by molar-refractivity contribution is 5.81. The maximum absolute atomic E-state index is 11.5. The van der Waals surface area contributed by atoms with Crippen LogP contribution in [0.1, 0.15) is 25.7 Å². The van der Waals surface area contributed by atoms with E-state index in [1.165, 1.54) is 6.42 Å². The maximum Gasteiger partial charge on any atom is 0.237 e. The van der Waals surface area contributed by atoms with Gasteiger partial charge in [0.05, 0.1) is 6.04 Å². The van der Waals surface area contributed by atoms with Crippen molar-refractivity contribution in [2.75, 3.05) is 13.1 Å². The molecular weight excluding hydrogens is 164 g/mol. The Kier molecular flexibility index (Phi) is 4.54. The molecule has 1 aliphatic rings. The van der Waals surface area contributed by atoms with Crippen molar-refractivity contribution in [2.45, 2.75) is 31.7 Å². The fourth-order valence-corrected chi connectivity index (χ4v) is 1.50. The van der Waals surface area contributed by atoms with E-state index in [4.69, 9.17) is 0 Å². The third-order valence-corrected chi connectivity index (χ3v) is 2.27. The van der Waals surface area contributed by atoms with Gasteiger partial charge in [-0.3, -0.25) is 4.79 Å². The number of hydrogen-bond donors (Lipinski definition) is 2. The summed E-state index contributed by atoms with van der Waals surface area (Å²) in [6.07, 6.45) is 5.98. The Morgan fingerprint density at radius 2 is 2.46 bits per heavy atom. The van der Waals surface area contributed by atoms with Gasteiger partial charge in [0.1, 0.15) is 0 Å². The van der Waals surface area contributed by atoms with E-state index < -0.39 is 0 Å². The molecule has 3 heteroatoms. The second-order valence-corrected chi connectivity index (χ2v) is 3.37. The first-order valence-corrected chi connectivity index (χ1v) is 4.96. The van der Waals surface area contributed by atoms with Gasteiger partial charge in [0.2, 0.25) is 5.91 Å². The van der Waals surface area contributed by atoms with E-state index in [2.05, 4.69) is 17.2 Å². The Morgan fingerprint density at radius 3 is 3.08 bits per heavy atom. The first-order chi connectivity index (χ1) is 6.34. The van der Waals surface area contributed by atoms with Gasteiger partial charge in [-0.15, -0.1) is 6.58 Å². The van der Waals surface area contributed by atoms with Crippen molar-refractivity contribution in [2.24, 2.45) is 0 Å². The van der Waals surface area contributed by atoms with Crippen LogP contribution in [0.5, 0.6) is 0 Å². The van der Waals surface area contributed by atoms with E-state index in [9.17, 15) is 4.79 Å². The summed E-state index contributed by atoms with van der Waals surface area (Å²) < 4.78 is 0. The van der Waals surface area contributed by atoms with Crippen LogP contribution in [0, 0.1) is 0 Å². The minimum atomic E-state index is 0.0403. The summed E-state index contributed by atoms with van der Waals surface area (Å²) in [7, 11) is 0. The molecule has 1 amide bonds. The highest BCUT2D eigenvalue weighted by atomic mass is 16.2. The van der Waals surface area contributed by atoms with Gasteiger partial charge >= 0.3 is 0 Å². The minimum absolute atomic E-state index is 0.0403. The van der Waals surface area contributed by atoms with Crippen LogP contribution in [-0.4, -0.2) is 25.0 Å². The zero-order chi connectivity index (χ0) is 9.52. The molecule has 0 aliphatic carbocycles. The van der Waals surface area contributed by atoms with E-state index in [-0.39, 0.29) is 11.9 Å². The molecule has 1 fully saturated rings. The molecule has 1 aliphatic heterocycles. The fourth-order valence-electron chi connectivity index (χ4n) is 1.50. The molecule has 1 saturated heterocycles. The zero-order valence-electron chi connectivity index (χ0n) is 8.01. The van der Waals surface area contributed by atoms with Gasteiger partial charge in [-0.25, -0.2) is 0 Å². The van der Waals surface area contributed by atoms with Crippen LogP contribution in [0.2, 0.25) is 0 Å². The van der Waals surface area contributed by atoms with Gasteiger partial charge in [-0.1, -0.05) is 12.5 Å². The lowest BCUT2D eigenvalue weighted by Gasteiger charge is -2.22.